The van der Waals surface area contributed by atoms with Gasteiger partial charge < -0.3 is 16.4 Å². The second kappa shape index (κ2) is 6.74. The molecule has 1 unspecified atom stereocenters. The molecule has 5 nitrogen and oxygen atoms in total. The van der Waals surface area contributed by atoms with Gasteiger partial charge in [-0.3, -0.25) is 9.78 Å². The SMILES string of the molecule is CCNC(=O)c1ccc(N)c(NC(C)c2ccccn2)c1. The fourth-order valence-electron chi connectivity index (χ4n) is 2.02. The molecule has 2 rings (SSSR count). The molecule has 0 fully saturated rings. The minimum atomic E-state index is -0.106. The van der Waals surface area contributed by atoms with E-state index in [1.807, 2.05) is 32.0 Å². The van der Waals surface area contributed by atoms with Crippen molar-refractivity contribution in [3.05, 3.63) is 53.9 Å². The summed E-state index contributed by atoms with van der Waals surface area (Å²) in [5.41, 5.74) is 8.81. The number of nitrogen functional groups attached to an aromatic ring is 1. The number of rotatable bonds is 5. The fraction of sp³-hybridized carbons (Fsp3) is 0.250. The molecule has 0 saturated carbocycles. The number of carbonyl (C=O) groups is 1. The minimum Gasteiger partial charge on any atom is -0.397 e. The fourth-order valence-corrected chi connectivity index (χ4v) is 2.02. The highest BCUT2D eigenvalue weighted by Gasteiger charge is 2.11. The monoisotopic (exact) mass is 284 g/mol. The molecule has 0 saturated heterocycles. The van der Waals surface area contributed by atoms with Gasteiger partial charge in [0.1, 0.15) is 0 Å². The molecule has 0 spiro atoms. The number of anilines is 2. The van der Waals surface area contributed by atoms with Crippen LogP contribution in [0, 0.1) is 0 Å². The third-order valence-corrected chi connectivity index (χ3v) is 3.16. The average molecular weight is 284 g/mol. The summed E-state index contributed by atoms with van der Waals surface area (Å²) in [6.45, 7) is 4.48. The zero-order chi connectivity index (χ0) is 15.2. The lowest BCUT2D eigenvalue weighted by molar-refractivity contribution is 0.0956. The van der Waals surface area contributed by atoms with Gasteiger partial charge in [0.2, 0.25) is 0 Å². The standard InChI is InChI=1S/C16H20N4O/c1-3-18-16(21)12-7-8-13(17)15(10-12)20-11(2)14-6-4-5-9-19-14/h4-11,20H,3,17H2,1-2H3,(H,18,21). The molecule has 1 aromatic heterocycles. The van der Waals surface area contributed by atoms with Crippen LogP contribution in [-0.2, 0) is 0 Å². The summed E-state index contributed by atoms with van der Waals surface area (Å²) in [6, 6.07) is 11.0. The third-order valence-electron chi connectivity index (χ3n) is 3.16. The van der Waals surface area contributed by atoms with E-state index < -0.39 is 0 Å². The van der Waals surface area contributed by atoms with Crippen molar-refractivity contribution >= 4 is 17.3 Å². The highest BCUT2D eigenvalue weighted by Crippen LogP contribution is 2.24. The number of pyridine rings is 1. The number of carbonyl (C=O) groups excluding carboxylic acids is 1. The summed E-state index contributed by atoms with van der Waals surface area (Å²) in [4.78, 5) is 16.2. The first-order valence-corrected chi connectivity index (χ1v) is 6.97. The Morgan fingerprint density at radius 2 is 2.14 bits per heavy atom. The topological polar surface area (TPSA) is 80.0 Å². The van der Waals surface area contributed by atoms with E-state index in [1.165, 1.54) is 0 Å². The van der Waals surface area contributed by atoms with Crippen LogP contribution in [0.1, 0.15) is 35.9 Å². The first-order chi connectivity index (χ1) is 10.1. The summed E-state index contributed by atoms with van der Waals surface area (Å²) < 4.78 is 0. The Morgan fingerprint density at radius 3 is 2.81 bits per heavy atom. The Balaban J connectivity index is 2.19. The molecule has 21 heavy (non-hydrogen) atoms. The summed E-state index contributed by atoms with van der Waals surface area (Å²) in [6.07, 6.45) is 1.75. The lowest BCUT2D eigenvalue weighted by Gasteiger charge is -2.17. The summed E-state index contributed by atoms with van der Waals surface area (Å²) in [5.74, 6) is -0.106. The van der Waals surface area contributed by atoms with Gasteiger partial charge in [0.05, 0.1) is 23.1 Å². The molecule has 1 atom stereocenters. The molecule has 0 bridgehead atoms. The Labute approximate surface area is 124 Å². The van der Waals surface area contributed by atoms with Gasteiger partial charge in [-0.2, -0.15) is 0 Å². The van der Waals surface area contributed by atoms with Crippen LogP contribution in [0.25, 0.3) is 0 Å². The first kappa shape index (κ1) is 14.8. The van der Waals surface area contributed by atoms with Crippen LogP contribution < -0.4 is 16.4 Å². The van der Waals surface area contributed by atoms with Crippen LogP contribution in [0.3, 0.4) is 0 Å². The number of hydrogen-bond donors (Lipinski definition) is 3. The first-order valence-electron chi connectivity index (χ1n) is 6.97. The highest BCUT2D eigenvalue weighted by atomic mass is 16.1. The van der Waals surface area contributed by atoms with Gasteiger partial charge in [-0.1, -0.05) is 6.07 Å². The smallest absolute Gasteiger partial charge is 0.251 e. The number of benzene rings is 1. The van der Waals surface area contributed by atoms with Gasteiger partial charge in [0.15, 0.2) is 0 Å². The number of hydrogen-bond acceptors (Lipinski definition) is 4. The van der Waals surface area contributed by atoms with E-state index in [0.29, 0.717) is 17.8 Å². The van der Waals surface area contributed by atoms with Gasteiger partial charge in [0.25, 0.3) is 5.91 Å². The van der Waals surface area contributed by atoms with Crippen LogP contribution in [-0.4, -0.2) is 17.4 Å². The van der Waals surface area contributed by atoms with Crippen molar-refractivity contribution in [2.75, 3.05) is 17.6 Å². The zero-order valence-electron chi connectivity index (χ0n) is 12.3. The molecule has 0 aliphatic rings. The molecular weight excluding hydrogens is 264 g/mol. The predicted molar refractivity (Wildman–Crippen MR) is 85.1 cm³/mol. The second-order valence-electron chi connectivity index (χ2n) is 4.78. The molecule has 1 heterocycles. The Kier molecular flexibility index (Phi) is 4.77. The molecule has 0 aliphatic heterocycles. The number of nitrogens with zero attached hydrogens (tertiary/aromatic N) is 1. The van der Waals surface area contributed by atoms with Crippen molar-refractivity contribution in [2.45, 2.75) is 19.9 Å². The van der Waals surface area contributed by atoms with Gasteiger partial charge in [-0.25, -0.2) is 0 Å². The van der Waals surface area contributed by atoms with E-state index in [1.54, 1.807) is 24.4 Å². The van der Waals surface area contributed by atoms with Crippen molar-refractivity contribution in [3.8, 4) is 0 Å². The molecule has 110 valence electrons. The Bertz CT molecular complexity index is 613. The normalized spacial score (nSPS) is 11.7. The molecule has 5 heteroatoms. The molecule has 0 radical (unpaired) electrons. The van der Waals surface area contributed by atoms with Crippen molar-refractivity contribution in [2.24, 2.45) is 0 Å². The Hall–Kier alpha value is -2.56. The lowest BCUT2D eigenvalue weighted by Crippen LogP contribution is -2.23. The third kappa shape index (κ3) is 3.72. The molecule has 1 aromatic carbocycles. The quantitative estimate of drug-likeness (QED) is 0.737. The second-order valence-corrected chi connectivity index (χ2v) is 4.78. The number of amides is 1. The van der Waals surface area contributed by atoms with Crippen LogP contribution in [0.5, 0.6) is 0 Å². The van der Waals surface area contributed by atoms with E-state index in [4.69, 9.17) is 5.73 Å². The maximum atomic E-state index is 11.9. The molecule has 1 amide bonds. The van der Waals surface area contributed by atoms with Crippen LogP contribution in [0.4, 0.5) is 11.4 Å². The maximum absolute atomic E-state index is 11.9. The van der Waals surface area contributed by atoms with Crippen molar-refractivity contribution in [3.63, 3.8) is 0 Å². The van der Waals surface area contributed by atoms with Crippen LogP contribution in [0.15, 0.2) is 42.6 Å². The van der Waals surface area contributed by atoms with Crippen LogP contribution in [0.2, 0.25) is 0 Å². The number of nitrogens with two attached hydrogens (primary N) is 1. The molecule has 2 aromatic rings. The van der Waals surface area contributed by atoms with Crippen molar-refractivity contribution in [1.82, 2.24) is 10.3 Å². The van der Waals surface area contributed by atoms with E-state index in [9.17, 15) is 4.79 Å². The van der Waals surface area contributed by atoms with Crippen molar-refractivity contribution < 1.29 is 4.79 Å². The summed E-state index contributed by atoms with van der Waals surface area (Å²) in [7, 11) is 0. The van der Waals surface area contributed by atoms with Gasteiger partial charge >= 0.3 is 0 Å². The van der Waals surface area contributed by atoms with Gasteiger partial charge in [0, 0.05) is 18.3 Å². The van der Waals surface area contributed by atoms with E-state index in [2.05, 4.69) is 15.6 Å². The van der Waals surface area contributed by atoms with Gasteiger partial charge in [-0.15, -0.1) is 0 Å². The maximum Gasteiger partial charge on any atom is 0.251 e. The van der Waals surface area contributed by atoms with E-state index >= 15 is 0 Å². The highest BCUT2D eigenvalue weighted by molar-refractivity contribution is 5.96. The summed E-state index contributed by atoms with van der Waals surface area (Å²) >= 11 is 0. The van der Waals surface area contributed by atoms with Crippen LogP contribution >= 0.6 is 0 Å². The Morgan fingerprint density at radius 1 is 1.33 bits per heavy atom. The number of aromatic nitrogens is 1. The van der Waals surface area contributed by atoms with E-state index in [-0.39, 0.29) is 11.9 Å². The van der Waals surface area contributed by atoms with E-state index in [0.717, 1.165) is 11.4 Å². The number of nitrogens with one attached hydrogen (secondary N) is 2. The largest absolute Gasteiger partial charge is 0.397 e. The summed E-state index contributed by atoms with van der Waals surface area (Å²) in [5, 5.41) is 6.07. The predicted octanol–water partition coefficient (Wildman–Crippen LogP) is 2.59. The molecular formula is C16H20N4O. The lowest BCUT2D eigenvalue weighted by atomic mass is 10.1. The van der Waals surface area contributed by atoms with Gasteiger partial charge in [-0.05, 0) is 44.2 Å². The molecule has 0 aliphatic carbocycles. The van der Waals surface area contributed by atoms with Crippen molar-refractivity contribution in [1.29, 1.82) is 0 Å². The zero-order valence-corrected chi connectivity index (χ0v) is 12.3. The molecule has 4 N–H and O–H groups in total. The average Bonchev–Trinajstić information content (AvgIpc) is 2.50. The minimum absolute atomic E-state index is 0.00186.